The molecule has 0 amide bonds. The topological polar surface area (TPSA) is 63.6 Å². The minimum Gasteiger partial charge on any atom is -0.481 e. The molecule has 4 heteroatoms. The van der Waals surface area contributed by atoms with Crippen LogP contribution in [0.4, 0.5) is 0 Å². The van der Waals surface area contributed by atoms with E-state index in [2.05, 4.69) is 6.58 Å². The van der Waals surface area contributed by atoms with Gasteiger partial charge in [-0.3, -0.25) is 4.79 Å². The molecule has 0 aromatic heterocycles. The number of hydrogen-bond donors (Lipinski definition) is 1. The lowest BCUT2D eigenvalue weighted by molar-refractivity contribution is -0.140. The van der Waals surface area contributed by atoms with E-state index < -0.39 is 5.97 Å². The van der Waals surface area contributed by atoms with Crippen LogP contribution in [0, 0.1) is 5.92 Å². The van der Waals surface area contributed by atoms with Crippen molar-refractivity contribution in [1.82, 2.24) is 0 Å². The first-order valence-corrected chi connectivity index (χ1v) is 6.42. The Labute approximate surface area is 116 Å². The van der Waals surface area contributed by atoms with Crippen LogP contribution in [-0.4, -0.2) is 23.7 Å². The third-order valence-electron chi connectivity index (χ3n) is 2.19. The van der Waals surface area contributed by atoms with Crippen LogP contribution in [0.25, 0.3) is 0 Å². The zero-order chi connectivity index (χ0) is 15.4. The monoisotopic (exact) mass is 270 g/mol. The summed E-state index contributed by atoms with van der Waals surface area (Å²) in [4.78, 5) is 20.9. The summed E-state index contributed by atoms with van der Waals surface area (Å²) in [5.74, 6) is -0.634. The van der Waals surface area contributed by atoms with Crippen LogP contribution in [0.1, 0.15) is 47.5 Å². The minimum absolute atomic E-state index is 0.163. The summed E-state index contributed by atoms with van der Waals surface area (Å²) in [5, 5.41) is 8.17. The lowest BCUT2D eigenvalue weighted by atomic mass is 10.2. The van der Waals surface area contributed by atoms with Gasteiger partial charge in [-0.25, -0.2) is 4.79 Å². The van der Waals surface area contributed by atoms with E-state index >= 15 is 0 Å². The van der Waals surface area contributed by atoms with Gasteiger partial charge < -0.3 is 9.84 Å². The smallest absolute Gasteiger partial charge is 0.333 e. The Morgan fingerprint density at radius 3 is 2.16 bits per heavy atom. The summed E-state index contributed by atoms with van der Waals surface area (Å²) in [6.45, 7) is 13.6. The van der Waals surface area contributed by atoms with Crippen LogP contribution in [0.15, 0.2) is 23.8 Å². The first-order valence-electron chi connectivity index (χ1n) is 6.42. The number of carbonyl (C=O) groups is 2. The molecule has 0 heterocycles. The molecule has 0 fully saturated rings. The average molecular weight is 270 g/mol. The van der Waals surface area contributed by atoms with Crippen molar-refractivity contribution in [2.24, 2.45) is 5.92 Å². The van der Waals surface area contributed by atoms with Gasteiger partial charge in [0.2, 0.25) is 0 Å². The predicted molar refractivity (Wildman–Crippen MR) is 76.9 cm³/mol. The molecule has 0 aliphatic carbocycles. The fraction of sp³-hybridized carbons (Fsp3) is 0.600. The number of rotatable bonds is 6. The molecular weight excluding hydrogens is 244 g/mol. The van der Waals surface area contributed by atoms with E-state index in [1.54, 1.807) is 13.0 Å². The third kappa shape index (κ3) is 14.4. The summed E-state index contributed by atoms with van der Waals surface area (Å²) in [5.41, 5.74) is 1.45. The first-order chi connectivity index (χ1) is 8.74. The van der Waals surface area contributed by atoms with Crippen molar-refractivity contribution in [2.45, 2.75) is 47.5 Å². The molecule has 0 aromatic carbocycles. The molecule has 0 aliphatic heterocycles. The summed E-state index contributed by atoms with van der Waals surface area (Å²) < 4.78 is 4.92. The van der Waals surface area contributed by atoms with E-state index in [9.17, 15) is 9.59 Å². The molecule has 1 N–H and O–H groups in total. The zero-order valence-electron chi connectivity index (χ0n) is 12.7. The standard InChI is InChI=1S/C9H16O2.C6H10O2/c1-5-8(4)9(10)11-6-7(2)3;1-3-5(2)4-6(7)8/h7H,4-6H2,1-3H3;3H,4H2,1-2H3,(H,7,8)/b;5-3+. The van der Waals surface area contributed by atoms with Gasteiger partial charge in [0.25, 0.3) is 0 Å². The first kappa shape index (κ1) is 19.8. The van der Waals surface area contributed by atoms with Crippen molar-refractivity contribution in [3.05, 3.63) is 23.8 Å². The Hall–Kier alpha value is -1.58. The van der Waals surface area contributed by atoms with Crippen LogP contribution in [0.2, 0.25) is 0 Å². The van der Waals surface area contributed by atoms with E-state index in [1.165, 1.54) is 0 Å². The normalized spacial score (nSPS) is 10.5. The van der Waals surface area contributed by atoms with Crippen molar-refractivity contribution in [1.29, 1.82) is 0 Å². The second-order valence-electron chi connectivity index (χ2n) is 4.65. The highest BCUT2D eigenvalue weighted by Crippen LogP contribution is 2.01. The molecule has 4 nitrogen and oxygen atoms in total. The largest absolute Gasteiger partial charge is 0.481 e. The number of esters is 1. The van der Waals surface area contributed by atoms with Gasteiger partial charge in [0.1, 0.15) is 0 Å². The molecule has 0 saturated heterocycles. The summed E-state index contributed by atoms with van der Waals surface area (Å²) in [6.07, 6.45) is 2.63. The van der Waals surface area contributed by atoms with E-state index in [0.29, 0.717) is 24.5 Å². The van der Waals surface area contributed by atoms with Crippen LogP contribution >= 0.6 is 0 Å². The molecule has 110 valence electrons. The van der Waals surface area contributed by atoms with E-state index in [4.69, 9.17) is 9.84 Å². The Morgan fingerprint density at radius 2 is 1.89 bits per heavy atom. The van der Waals surface area contributed by atoms with Crippen molar-refractivity contribution >= 4 is 11.9 Å². The molecule has 0 atom stereocenters. The van der Waals surface area contributed by atoms with Crippen molar-refractivity contribution in [3.63, 3.8) is 0 Å². The van der Waals surface area contributed by atoms with Gasteiger partial charge in [-0.1, -0.05) is 39.0 Å². The van der Waals surface area contributed by atoms with Crippen LogP contribution in [0.3, 0.4) is 0 Å². The molecule has 0 unspecified atom stereocenters. The maximum Gasteiger partial charge on any atom is 0.333 e. The maximum atomic E-state index is 11.0. The molecule has 0 aliphatic rings. The van der Waals surface area contributed by atoms with E-state index in [0.717, 1.165) is 5.57 Å². The summed E-state index contributed by atoms with van der Waals surface area (Å²) >= 11 is 0. The number of carboxylic acids is 1. The van der Waals surface area contributed by atoms with Gasteiger partial charge in [0.05, 0.1) is 13.0 Å². The van der Waals surface area contributed by atoms with Crippen molar-refractivity contribution < 1.29 is 19.4 Å². The Kier molecular flexibility index (Phi) is 12.0. The van der Waals surface area contributed by atoms with Crippen LogP contribution in [-0.2, 0) is 14.3 Å². The number of allylic oxidation sites excluding steroid dienone is 1. The van der Waals surface area contributed by atoms with Gasteiger partial charge in [0.15, 0.2) is 0 Å². The van der Waals surface area contributed by atoms with Crippen molar-refractivity contribution in [3.8, 4) is 0 Å². The van der Waals surface area contributed by atoms with Gasteiger partial charge >= 0.3 is 11.9 Å². The molecule has 0 spiro atoms. The summed E-state index contributed by atoms with van der Waals surface area (Å²) in [7, 11) is 0. The van der Waals surface area contributed by atoms with E-state index in [-0.39, 0.29) is 12.4 Å². The second-order valence-corrected chi connectivity index (χ2v) is 4.65. The van der Waals surface area contributed by atoms with Crippen molar-refractivity contribution in [2.75, 3.05) is 6.61 Å². The number of hydrogen-bond acceptors (Lipinski definition) is 3. The van der Waals surface area contributed by atoms with Gasteiger partial charge in [0, 0.05) is 5.57 Å². The lowest BCUT2D eigenvalue weighted by Crippen LogP contribution is -2.10. The minimum atomic E-state index is -0.763. The second kappa shape index (κ2) is 11.5. The maximum absolute atomic E-state index is 11.0. The number of ether oxygens (including phenoxy) is 1. The van der Waals surface area contributed by atoms with Gasteiger partial charge in [-0.2, -0.15) is 0 Å². The fourth-order valence-corrected chi connectivity index (χ4v) is 0.829. The molecule has 0 aromatic rings. The fourth-order valence-electron chi connectivity index (χ4n) is 0.829. The quantitative estimate of drug-likeness (QED) is 0.455. The lowest BCUT2D eigenvalue weighted by Gasteiger charge is -2.06. The average Bonchev–Trinajstić information content (AvgIpc) is 2.34. The molecule has 0 radical (unpaired) electrons. The Morgan fingerprint density at radius 1 is 1.37 bits per heavy atom. The number of aliphatic carboxylic acids is 1. The number of carboxylic acid groups (broad SMARTS) is 1. The molecule has 0 saturated carbocycles. The molecule has 0 bridgehead atoms. The molecular formula is C15H26O4. The SMILES string of the molecule is C/C=C(\C)CC(=O)O.C=C(CC)C(=O)OCC(C)C. The Bertz CT molecular complexity index is 327. The predicted octanol–water partition coefficient (Wildman–Crippen LogP) is 3.58. The van der Waals surface area contributed by atoms with Crippen LogP contribution in [0.5, 0.6) is 0 Å². The third-order valence-corrected chi connectivity index (χ3v) is 2.19. The highest BCUT2D eigenvalue weighted by atomic mass is 16.5. The highest BCUT2D eigenvalue weighted by molar-refractivity contribution is 5.87. The Balaban J connectivity index is 0. The van der Waals surface area contributed by atoms with Gasteiger partial charge in [-0.15, -0.1) is 0 Å². The molecule has 0 rings (SSSR count). The number of carbonyl (C=O) groups excluding carboxylic acids is 1. The zero-order valence-corrected chi connectivity index (χ0v) is 12.7. The highest BCUT2D eigenvalue weighted by Gasteiger charge is 2.06. The van der Waals surface area contributed by atoms with Crippen LogP contribution < -0.4 is 0 Å². The molecule has 19 heavy (non-hydrogen) atoms. The summed E-state index contributed by atoms with van der Waals surface area (Å²) in [6, 6.07) is 0. The van der Waals surface area contributed by atoms with E-state index in [1.807, 2.05) is 27.7 Å². The van der Waals surface area contributed by atoms with Gasteiger partial charge in [-0.05, 0) is 26.2 Å².